The lowest BCUT2D eigenvalue weighted by molar-refractivity contribution is 0.768. The predicted octanol–water partition coefficient (Wildman–Crippen LogP) is 1.98. The standard InChI is InChI=1S/C14H18N6/c1-4-19(5-2)14-13-6-11(9-20(13)17-10-15-14)12-7-16-18(3)8-12/h6-10H,4-5H2,1-3H3/i1D2,2D2,4D2,5D2. The van der Waals surface area contributed by atoms with E-state index in [2.05, 4.69) is 15.2 Å². The van der Waals surface area contributed by atoms with Crippen molar-refractivity contribution in [3.05, 3.63) is 31.0 Å². The lowest BCUT2D eigenvalue weighted by Crippen LogP contribution is -2.23. The number of fused-ring (bicyclic) bond motifs is 1. The molecular formula is C14H18N6. The molecule has 0 amide bonds. The van der Waals surface area contributed by atoms with Crippen LogP contribution in [0.1, 0.15) is 24.7 Å². The highest BCUT2D eigenvalue weighted by atomic mass is 15.3. The smallest absolute Gasteiger partial charge is 0.156 e. The molecule has 0 aliphatic heterocycles. The van der Waals surface area contributed by atoms with Crippen LogP contribution in [0.2, 0.25) is 0 Å². The number of nitrogens with zero attached hydrogens (tertiary/aromatic N) is 6. The Morgan fingerprint density at radius 1 is 1.25 bits per heavy atom. The summed E-state index contributed by atoms with van der Waals surface area (Å²) in [6.45, 7) is -9.97. The van der Waals surface area contributed by atoms with Crippen LogP contribution in [0.15, 0.2) is 31.0 Å². The molecule has 0 bridgehead atoms. The van der Waals surface area contributed by atoms with Crippen LogP contribution in [0.4, 0.5) is 5.82 Å². The summed E-state index contributed by atoms with van der Waals surface area (Å²) in [5.41, 5.74) is 1.61. The highest BCUT2D eigenvalue weighted by molar-refractivity contribution is 5.77. The first kappa shape index (κ1) is 6.39. The lowest BCUT2D eigenvalue weighted by atomic mass is 10.2. The van der Waals surface area contributed by atoms with Crippen molar-refractivity contribution in [3.8, 4) is 11.1 Å². The number of hydrogen-bond acceptors (Lipinski definition) is 4. The SMILES string of the molecule is [2H]C([2H])C([2H])([2H])N(c1ncnn2cc(-c3cnn(C)c3)cc12)C([2H])([2H])C([2H])[2H]. The fourth-order valence-electron chi connectivity index (χ4n) is 1.98. The van der Waals surface area contributed by atoms with Crippen molar-refractivity contribution in [1.29, 1.82) is 0 Å². The van der Waals surface area contributed by atoms with Crippen LogP contribution in [-0.2, 0) is 7.05 Å². The van der Waals surface area contributed by atoms with E-state index in [1.807, 2.05) is 0 Å². The molecule has 3 aromatic rings. The molecule has 0 unspecified atom stereocenters. The molecule has 6 nitrogen and oxygen atoms in total. The van der Waals surface area contributed by atoms with Gasteiger partial charge >= 0.3 is 0 Å². The van der Waals surface area contributed by atoms with Gasteiger partial charge in [0.05, 0.1) is 6.20 Å². The Hall–Kier alpha value is -2.37. The summed E-state index contributed by atoms with van der Waals surface area (Å²) in [6, 6.07) is 1.59. The van der Waals surface area contributed by atoms with Gasteiger partial charge in [-0.2, -0.15) is 10.2 Å². The van der Waals surface area contributed by atoms with Crippen LogP contribution < -0.4 is 4.90 Å². The van der Waals surface area contributed by atoms with Gasteiger partial charge in [-0.15, -0.1) is 0 Å². The first-order valence-electron chi connectivity index (χ1n) is 10.1. The van der Waals surface area contributed by atoms with E-state index in [0.717, 1.165) is 11.9 Å². The average Bonchev–Trinajstić information content (AvgIpc) is 3.20. The molecule has 0 aliphatic carbocycles. The second kappa shape index (κ2) is 4.96. The molecule has 0 aromatic carbocycles. The quantitative estimate of drug-likeness (QED) is 0.732. The Morgan fingerprint density at radius 2 is 2.10 bits per heavy atom. The van der Waals surface area contributed by atoms with E-state index >= 15 is 0 Å². The van der Waals surface area contributed by atoms with Gasteiger partial charge in [0.2, 0.25) is 0 Å². The Morgan fingerprint density at radius 3 is 2.80 bits per heavy atom. The van der Waals surface area contributed by atoms with Gasteiger partial charge in [-0.05, 0) is 19.8 Å². The van der Waals surface area contributed by atoms with E-state index in [1.165, 1.54) is 4.52 Å². The molecule has 3 heterocycles. The average molecular weight is 278 g/mol. The number of hydrogen-bond donors (Lipinski definition) is 0. The van der Waals surface area contributed by atoms with Crippen molar-refractivity contribution in [2.45, 2.75) is 13.8 Å². The summed E-state index contributed by atoms with van der Waals surface area (Å²) in [5, 5.41) is 8.14. The second-order valence-electron chi connectivity index (χ2n) is 4.14. The van der Waals surface area contributed by atoms with Gasteiger partial charge in [-0.3, -0.25) is 4.68 Å². The van der Waals surface area contributed by atoms with Crippen LogP contribution in [0.25, 0.3) is 16.6 Å². The van der Waals surface area contributed by atoms with Gasteiger partial charge in [0, 0.05) is 54.5 Å². The first-order chi connectivity index (χ1) is 13.0. The highest BCUT2D eigenvalue weighted by Crippen LogP contribution is 2.26. The molecule has 0 saturated carbocycles. The largest absolute Gasteiger partial charge is 0.355 e. The van der Waals surface area contributed by atoms with Crippen molar-refractivity contribution in [3.63, 3.8) is 0 Å². The molecule has 0 N–H and O–H groups in total. The second-order valence-corrected chi connectivity index (χ2v) is 4.14. The van der Waals surface area contributed by atoms with Crippen LogP contribution in [0.5, 0.6) is 0 Å². The van der Waals surface area contributed by atoms with Crippen LogP contribution in [0.3, 0.4) is 0 Å². The fraction of sp³-hybridized carbons (Fsp3) is 0.357. The summed E-state index contributed by atoms with van der Waals surface area (Å²) in [6.07, 6.45) is 6.08. The fourth-order valence-corrected chi connectivity index (χ4v) is 1.98. The summed E-state index contributed by atoms with van der Waals surface area (Å²) in [7, 11) is 1.75. The number of rotatable bonds is 4. The van der Waals surface area contributed by atoms with Crippen LogP contribution in [0, 0.1) is 0 Å². The Balaban J connectivity index is 2.24. The molecule has 6 heteroatoms. The minimum Gasteiger partial charge on any atom is -0.355 e. The minimum absolute atomic E-state index is 0.204. The minimum atomic E-state index is -2.86. The maximum atomic E-state index is 8.10. The molecule has 0 radical (unpaired) electrons. The highest BCUT2D eigenvalue weighted by Gasteiger charge is 2.12. The molecule has 0 saturated heterocycles. The summed E-state index contributed by atoms with van der Waals surface area (Å²) in [4.78, 5) is 4.39. The van der Waals surface area contributed by atoms with Crippen molar-refractivity contribution < 1.29 is 11.0 Å². The predicted molar refractivity (Wildman–Crippen MR) is 78.8 cm³/mol. The van der Waals surface area contributed by atoms with Crippen molar-refractivity contribution in [2.24, 2.45) is 7.05 Å². The summed E-state index contributed by atoms with van der Waals surface area (Å²) in [5.74, 6) is -0.255. The van der Waals surface area contributed by atoms with Gasteiger partial charge < -0.3 is 4.90 Å². The first-order valence-corrected chi connectivity index (χ1v) is 5.78. The third-order valence-corrected chi connectivity index (χ3v) is 2.89. The van der Waals surface area contributed by atoms with E-state index in [-0.39, 0.29) is 11.3 Å². The zero-order chi connectivity index (χ0) is 20.9. The van der Waals surface area contributed by atoms with Gasteiger partial charge in [0.25, 0.3) is 0 Å². The summed E-state index contributed by atoms with van der Waals surface area (Å²) < 4.78 is 65.5. The van der Waals surface area contributed by atoms with E-state index < -0.39 is 26.7 Å². The zero-order valence-corrected chi connectivity index (χ0v) is 10.7. The molecular weight excluding hydrogens is 252 g/mol. The van der Waals surface area contributed by atoms with Gasteiger partial charge in [-0.25, -0.2) is 9.50 Å². The molecule has 3 rings (SSSR count). The monoisotopic (exact) mass is 278 g/mol. The van der Waals surface area contributed by atoms with Crippen molar-refractivity contribution in [1.82, 2.24) is 24.4 Å². The maximum absolute atomic E-state index is 8.10. The molecule has 0 spiro atoms. The molecule has 20 heavy (non-hydrogen) atoms. The van der Waals surface area contributed by atoms with E-state index in [0.29, 0.717) is 10.5 Å². The van der Waals surface area contributed by atoms with Gasteiger partial charge in [-0.1, -0.05) is 0 Å². The van der Waals surface area contributed by atoms with Gasteiger partial charge in [0.15, 0.2) is 5.82 Å². The zero-order valence-electron chi connectivity index (χ0n) is 18.7. The maximum Gasteiger partial charge on any atom is 0.156 e. The summed E-state index contributed by atoms with van der Waals surface area (Å²) >= 11 is 0. The molecule has 3 aromatic heterocycles. The molecule has 0 atom stereocenters. The lowest BCUT2D eigenvalue weighted by Gasteiger charge is -2.19. The number of aromatic nitrogens is 5. The Bertz CT molecular complexity index is 961. The third kappa shape index (κ3) is 2.03. The Kier molecular flexibility index (Phi) is 1.58. The van der Waals surface area contributed by atoms with Crippen LogP contribution in [-0.4, -0.2) is 37.4 Å². The van der Waals surface area contributed by atoms with E-state index in [4.69, 9.17) is 11.0 Å². The molecule has 0 aliphatic rings. The number of aryl methyl sites for hydroxylation is 1. The molecule has 0 fully saturated rings. The number of anilines is 1. The van der Waals surface area contributed by atoms with E-state index in [9.17, 15) is 0 Å². The van der Waals surface area contributed by atoms with E-state index in [1.54, 1.807) is 36.4 Å². The van der Waals surface area contributed by atoms with Gasteiger partial charge in [0.1, 0.15) is 11.8 Å². The topological polar surface area (TPSA) is 51.3 Å². The van der Waals surface area contributed by atoms with Crippen molar-refractivity contribution >= 4 is 11.3 Å². The van der Waals surface area contributed by atoms with Crippen LogP contribution >= 0.6 is 0 Å². The Labute approximate surface area is 128 Å². The molecule has 104 valence electrons. The third-order valence-electron chi connectivity index (χ3n) is 2.89. The normalized spacial score (nSPS) is 18.8. The van der Waals surface area contributed by atoms with Crippen molar-refractivity contribution in [2.75, 3.05) is 17.9 Å².